The lowest BCUT2D eigenvalue weighted by Gasteiger charge is -2.04. The molecule has 0 unspecified atom stereocenters. The van der Waals surface area contributed by atoms with Gasteiger partial charge < -0.3 is 5.32 Å². The molecule has 2 heterocycles. The molecule has 0 aliphatic rings. The first-order valence-corrected chi connectivity index (χ1v) is 5.61. The zero-order valence-electron chi connectivity index (χ0n) is 8.11. The molecule has 15 heavy (non-hydrogen) atoms. The predicted molar refractivity (Wildman–Crippen MR) is 60.7 cm³/mol. The monoisotopic (exact) mass is 222 g/mol. The molecule has 0 spiro atoms. The topological polar surface area (TPSA) is 24.9 Å². The van der Waals surface area contributed by atoms with E-state index in [4.69, 9.17) is 0 Å². The van der Waals surface area contributed by atoms with E-state index in [0.29, 0.717) is 12.4 Å². The van der Waals surface area contributed by atoms with Crippen molar-refractivity contribution in [2.45, 2.75) is 6.42 Å². The number of hydrogen-bond donors (Lipinski definition) is 1. The molecule has 0 fully saturated rings. The van der Waals surface area contributed by atoms with Gasteiger partial charge in [0, 0.05) is 17.6 Å². The molecule has 2 nitrogen and oxygen atoms in total. The Balaban J connectivity index is 1.86. The molecule has 4 heteroatoms. The second-order valence-corrected chi connectivity index (χ2v) is 4.12. The largest absolute Gasteiger partial charge is 0.367 e. The van der Waals surface area contributed by atoms with E-state index in [1.165, 1.54) is 10.9 Å². The minimum atomic E-state index is -0.302. The number of nitrogens with one attached hydrogen (secondary N) is 1. The molecule has 0 bridgehead atoms. The third kappa shape index (κ3) is 2.76. The summed E-state index contributed by atoms with van der Waals surface area (Å²) in [5.74, 6) is 0.0257. The lowest BCUT2D eigenvalue weighted by Crippen LogP contribution is -2.06. The van der Waals surface area contributed by atoms with Gasteiger partial charge in [-0.25, -0.2) is 9.37 Å². The highest BCUT2D eigenvalue weighted by Crippen LogP contribution is 2.11. The Labute approximate surface area is 91.8 Å². The second-order valence-electron chi connectivity index (χ2n) is 3.09. The van der Waals surface area contributed by atoms with Gasteiger partial charge in [-0.15, -0.1) is 11.3 Å². The minimum Gasteiger partial charge on any atom is -0.367 e. The molecule has 0 aliphatic heterocycles. The fraction of sp³-hybridized carbons (Fsp3) is 0.182. The van der Waals surface area contributed by atoms with E-state index in [1.807, 2.05) is 11.4 Å². The van der Waals surface area contributed by atoms with Gasteiger partial charge in [0.25, 0.3) is 0 Å². The van der Waals surface area contributed by atoms with Crippen LogP contribution in [-0.2, 0) is 6.42 Å². The fourth-order valence-electron chi connectivity index (χ4n) is 1.27. The summed E-state index contributed by atoms with van der Waals surface area (Å²) in [5.41, 5.74) is 0. The van der Waals surface area contributed by atoms with Crippen LogP contribution in [0.3, 0.4) is 0 Å². The van der Waals surface area contributed by atoms with Gasteiger partial charge in [-0.1, -0.05) is 6.07 Å². The Morgan fingerprint density at radius 1 is 1.33 bits per heavy atom. The highest BCUT2D eigenvalue weighted by Gasteiger charge is 2.00. The van der Waals surface area contributed by atoms with E-state index in [0.717, 1.165) is 6.42 Å². The third-order valence-corrected chi connectivity index (χ3v) is 2.94. The first-order chi connectivity index (χ1) is 7.36. The molecule has 0 saturated carbocycles. The van der Waals surface area contributed by atoms with E-state index < -0.39 is 0 Å². The van der Waals surface area contributed by atoms with E-state index >= 15 is 0 Å². The molecule has 0 aliphatic carbocycles. The number of anilines is 1. The fourth-order valence-corrected chi connectivity index (χ4v) is 1.98. The average molecular weight is 222 g/mol. The van der Waals surface area contributed by atoms with Crippen molar-refractivity contribution in [3.63, 3.8) is 0 Å². The van der Waals surface area contributed by atoms with Gasteiger partial charge in [0.05, 0.1) is 0 Å². The van der Waals surface area contributed by atoms with Crippen LogP contribution < -0.4 is 5.32 Å². The van der Waals surface area contributed by atoms with Crippen LogP contribution in [0, 0.1) is 5.82 Å². The number of hydrogen-bond acceptors (Lipinski definition) is 3. The second kappa shape index (κ2) is 4.89. The van der Waals surface area contributed by atoms with Gasteiger partial charge in [0.1, 0.15) is 0 Å². The minimum absolute atomic E-state index is 0.302. The van der Waals surface area contributed by atoms with Crippen molar-refractivity contribution >= 4 is 17.2 Å². The maximum absolute atomic E-state index is 13.1. The lowest BCUT2D eigenvalue weighted by molar-refractivity contribution is 0.624. The lowest BCUT2D eigenvalue weighted by atomic mass is 10.3. The van der Waals surface area contributed by atoms with Crippen LogP contribution >= 0.6 is 11.3 Å². The molecule has 0 amide bonds. The molecule has 2 aromatic rings. The summed E-state index contributed by atoms with van der Waals surface area (Å²) in [6, 6.07) is 7.07. The SMILES string of the molecule is Fc1cccnc1NCCc1cccs1. The van der Waals surface area contributed by atoms with E-state index in [9.17, 15) is 4.39 Å². The summed E-state index contributed by atoms with van der Waals surface area (Å²) >= 11 is 1.71. The summed E-state index contributed by atoms with van der Waals surface area (Å²) in [6.45, 7) is 0.703. The van der Waals surface area contributed by atoms with Crippen molar-refractivity contribution in [1.29, 1.82) is 0 Å². The van der Waals surface area contributed by atoms with E-state index in [2.05, 4.69) is 16.4 Å². The maximum Gasteiger partial charge on any atom is 0.165 e. The summed E-state index contributed by atoms with van der Waals surface area (Å²) in [5, 5.41) is 5.01. The Kier molecular flexibility index (Phi) is 3.29. The smallest absolute Gasteiger partial charge is 0.165 e. The molecule has 0 saturated heterocycles. The number of aromatic nitrogens is 1. The Bertz CT molecular complexity index is 414. The Morgan fingerprint density at radius 2 is 2.27 bits per heavy atom. The molecular weight excluding hydrogens is 211 g/mol. The van der Waals surface area contributed by atoms with Crippen LogP contribution in [0.25, 0.3) is 0 Å². The Hall–Kier alpha value is -1.42. The van der Waals surface area contributed by atoms with Crippen LogP contribution in [0.5, 0.6) is 0 Å². The van der Waals surface area contributed by atoms with Gasteiger partial charge in [0.2, 0.25) is 0 Å². The van der Waals surface area contributed by atoms with Crippen molar-refractivity contribution in [2.24, 2.45) is 0 Å². The van der Waals surface area contributed by atoms with Crippen molar-refractivity contribution in [1.82, 2.24) is 4.98 Å². The standard InChI is InChI=1S/C11H11FN2S/c12-10-4-1-6-13-11(10)14-7-5-9-3-2-8-15-9/h1-4,6,8H,5,7H2,(H,13,14). The highest BCUT2D eigenvalue weighted by atomic mass is 32.1. The summed E-state index contributed by atoms with van der Waals surface area (Å²) < 4.78 is 13.1. The highest BCUT2D eigenvalue weighted by molar-refractivity contribution is 7.09. The molecule has 2 rings (SSSR count). The van der Waals surface area contributed by atoms with Gasteiger partial charge in [-0.3, -0.25) is 0 Å². The van der Waals surface area contributed by atoms with E-state index in [1.54, 1.807) is 23.6 Å². The van der Waals surface area contributed by atoms with Gasteiger partial charge in [-0.05, 0) is 30.0 Å². The van der Waals surface area contributed by atoms with Crippen LogP contribution in [0.4, 0.5) is 10.2 Å². The van der Waals surface area contributed by atoms with Gasteiger partial charge in [0.15, 0.2) is 11.6 Å². The van der Waals surface area contributed by atoms with Crippen LogP contribution in [0.15, 0.2) is 35.8 Å². The van der Waals surface area contributed by atoms with Crippen molar-refractivity contribution in [3.05, 3.63) is 46.5 Å². The van der Waals surface area contributed by atoms with Crippen molar-refractivity contribution in [3.8, 4) is 0 Å². The van der Waals surface area contributed by atoms with Gasteiger partial charge in [-0.2, -0.15) is 0 Å². The zero-order chi connectivity index (χ0) is 10.5. The summed E-state index contributed by atoms with van der Waals surface area (Å²) in [4.78, 5) is 5.20. The predicted octanol–water partition coefficient (Wildman–Crippen LogP) is 2.94. The molecule has 0 atom stereocenters. The molecular formula is C11H11FN2S. The van der Waals surface area contributed by atoms with Crippen molar-refractivity contribution in [2.75, 3.05) is 11.9 Å². The molecule has 2 aromatic heterocycles. The van der Waals surface area contributed by atoms with Crippen molar-refractivity contribution < 1.29 is 4.39 Å². The summed E-state index contributed by atoms with van der Waals surface area (Å²) in [6.07, 6.45) is 2.48. The quantitative estimate of drug-likeness (QED) is 0.860. The average Bonchev–Trinajstić information content (AvgIpc) is 2.74. The zero-order valence-corrected chi connectivity index (χ0v) is 8.93. The number of rotatable bonds is 4. The normalized spacial score (nSPS) is 10.2. The van der Waals surface area contributed by atoms with Gasteiger partial charge >= 0.3 is 0 Å². The number of nitrogens with zero attached hydrogens (tertiary/aromatic N) is 1. The first-order valence-electron chi connectivity index (χ1n) is 4.73. The summed E-state index contributed by atoms with van der Waals surface area (Å²) in [7, 11) is 0. The molecule has 78 valence electrons. The van der Waals surface area contributed by atoms with E-state index in [-0.39, 0.29) is 5.82 Å². The molecule has 0 aromatic carbocycles. The van der Waals surface area contributed by atoms with Crippen LogP contribution in [0.2, 0.25) is 0 Å². The first kappa shape index (κ1) is 10.1. The molecule has 0 radical (unpaired) electrons. The Morgan fingerprint density at radius 3 is 3.00 bits per heavy atom. The van der Waals surface area contributed by atoms with Crippen LogP contribution in [0.1, 0.15) is 4.88 Å². The number of thiophene rings is 1. The maximum atomic E-state index is 13.1. The van der Waals surface area contributed by atoms with Crippen LogP contribution in [-0.4, -0.2) is 11.5 Å². The third-order valence-electron chi connectivity index (χ3n) is 2.00. The molecule has 1 N–H and O–H groups in total. The number of halogens is 1. The number of pyridine rings is 1.